The van der Waals surface area contributed by atoms with Gasteiger partial charge in [0.05, 0.1) is 6.61 Å². The molecule has 4 nitrogen and oxygen atoms in total. The number of aliphatic hydroxyl groups excluding tert-OH is 1. The van der Waals surface area contributed by atoms with Gasteiger partial charge < -0.3 is 5.11 Å². The molecule has 1 aromatic rings. The quantitative estimate of drug-likeness (QED) is 0.460. The first-order valence-corrected chi connectivity index (χ1v) is 4.34. The van der Waals surface area contributed by atoms with Gasteiger partial charge in [-0.2, -0.15) is 0 Å². The second-order valence-electron chi connectivity index (χ2n) is 2.82. The summed E-state index contributed by atoms with van der Waals surface area (Å²) in [6.07, 6.45) is 3.28. The molecule has 1 rings (SSSR count). The van der Waals surface area contributed by atoms with Crippen molar-refractivity contribution in [1.29, 1.82) is 0 Å². The van der Waals surface area contributed by atoms with Gasteiger partial charge in [-0.1, -0.05) is 29.4 Å². The first kappa shape index (κ1) is 11.2. The highest BCUT2D eigenvalue weighted by Crippen LogP contribution is 2.11. The number of hydrogen-bond donors (Lipinski definition) is 1. The van der Waals surface area contributed by atoms with Crippen LogP contribution in [-0.4, -0.2) is 11.7 Å². The normalized spacial score (nSPS) is 10.3. The fourth-order valence-electron chi connectivity index (χ4n) is 1.07. The van der Waals surface area contributed by atoms with Gasteiger partial charge in [0.1, 0.15) is 5.82 Å². The molecule has 0 aromatic heterocycles. The molecule has 0 radical (unpaired) electrons. The smallest absolute Gasteiger partial charge is 0.129 e. The van der Waals surface area contributed by atoms with Gasteiger partial charge in [0.2, 0.25) is 0 Å². The van der Waals surface area contributed by atoms with Crippen molar-refractivity contribution in [2.24, 2.45) is 5.11 Å². The molecule has 0 spiro atoms. The lowest BCUT2D eigenvalue weighted by atomic mass is 10.1. The van der Waals surface area contributed by atoms with Gasteiger partial charge in [-0.05, 0) is 17.2 Å². The van der Waals surface area contributed by atoms with E-state index in [1.54, 1.807) is 18.2 Å². The predicted octanol–water partition coefficient (Wildman–Crippen LogP) is 2.64. The number of benzene rings is 1. The molecule has 1 aromatic carbocycles. The molecule has 0 atom stereocenters. The summed E-state index contributed by atoms with van der Waals surface area (Å²) in [6, 6.07) is 4.52. The molecule has 0 aliphatic carbocycles. The van der Waals surface area contributed by atoms with Crippen LogP contribution in [0, 0.1) is 5.82 Å². The van der Waals surface area contributed by atoms with Crippen molar-refractivity contribution in [1.82, 2.24) is 0 Å². The highest BCUT2D eigenvalue weighted by atomic mass is 19.1. The van der Waals surface area contributed by atoms with Crippen molar-refractivity contribution in [2.75, 3.05) is 6.54 Å². The second-order valence-corrected chi connectivity index (χ2v) is 2.82. The first-order chi connectivity index (χ1) is 7.27. The van der Waals surface area contributed by atoms with E-state index in [-0.39, 0.29) is 18.7 Å². The standard InChI is InChI=1S/C10H10FN3O/c11-10-6-8(2-1-5-13-14-12)3-4-9(10)7-15/h1-4,6,15H,5,7H2. The number of nitrogens with zero attached hydrogens (tertiary/aromatic N) is 3. The Hall–Kier alpha value is -1.84. The highest BCUT2D eigenvalue weighted by Gasteiger charge is 1.99. The zero-order valence-corrected chi connectivity index (χ0v) is 7.97. The Labute approximate surface area is 86.3 Å². The van der Waals surface area contributed by atoms with Crippen LogP contribution in [0.4, 0.5) is 4.39 Å². The number of rotatable bonds is 4. The SMILES string of the molecule is [N-]=[N+]=NCC=Cc1ccc(CO)c(F)c1. The third-order valence-corrected chi connectivity index (χ3v) is 1.81. The Morgan fingerprint density at radius 3 is 2.93 bits per heavy atom. The fraction of sp³-hybridized carbons (Fsp3) is 0.200. The third-order valence-electron chi connectivity index (χ3n) is 1.81. The van der Waals surface area contributed by atoms with Gasteiger partial charge in [-0.15, -0.1) is 0 Å². The van der Waals surface area contributed by atoms with Crippen LogP contribution in [0.1, 0.15) is 11.1 Å². The molecule has 1 N–H and O–H groups in total. The Morgan fingerprint density at radius 2 is 2.33 bits per heavy atom. The van der Waals surface area contributed by atoms with Crippen molar-refractivity contribution in [3.63, 3.8) is 0 Å². The summed E-state index contributed by atoms with van der Waals surface area (Å²) in [6.45, 7) is -0.0750. The summed E-state index contributed by atoms with van der Waals surface area (Å²) in [5, 5.41) is 12.0. The topological polar surface area (TPSA) is 69.0 Å². The molecule has 0 aliphatic heterocycles. The first-order valence-electron chi connectivity index (χ1n) is 4.34. The number of halogens is 1. The van der Waals surface area contributed by atoms with Crippen LogP contribution in [0.3, 0.4) is 0 Å². The third kappa shape index (κ3) is 3.42. The summed E-state index contributed by atoms with van der Waals surface area (Å²) in [5.74, 6) is -0.441. The fourth-order valence-corrected chi connectivity index (χ4v) is 1.07. The van der Waals surface area contributed by atoms with Gasteiger partial charge >= 0.3 is 0 Å². The Morgan fingerprint density at radius 1 is 1.53 bits per heavy atom. The van der Waals surface area contributed by atoms with E-state index >= 15 is 0 Å². The van der Waals surface area contributed by atoms with E-state index in [1.165, 1.54) is 12.1 Å². The largest absolute Gasteiger partial charge is 0.392 e. The molecule has 0 heterocycles. The Balaban J connectivity index is 2.75. The van der Waals surface area contributed by atoms with E-state index in [0.717, 1.165) is 0 Å². The van der Waals surface area contributed by atoms with Crippen LogP contribution >= 0.6 is 0 Å². The molecule has 78 valence electrons. The van der Waals surface area contributed by atoms with Crippen molar-refractivity contribution >= 4 is 6.08 Å². The Kier molecular flexibility index (Phi) is 4.34. The van der Waals surface area contributed by atoms with E-state index in [1.807, 2.05) is 0 Å². The molecule has 0 saturated carbocycles. The number of aliphatic hydroxyl groups is 1. The monoisotopic (exact) mass is 207 g/mol. The van der Waals surface area contributed by atoms with Gasteiger partial charge in [0.15, 0.2) is 0 Å². The van der Waals surface area contributed by atoms with E-state index in [4.69, 9.17) is 10.6 Å². The molecular formula is C10H10FN3O. The van der Waals surface area contributed by atoms with Crippen LogP contribution in [0.2, 0.25) is 0 Å². The van der Waals surface area contributed by atoms with E-state index in [9.17, 15) is 4.39 Å². The summed E-state index contributed by atoms with van der Waals surface area (Å²) in [4.78, 5) is 2.58. The highest BCUT2D eigenvalue weighted by molar-refractivity contribution is 5.50. The van der Waals surface area contributed by atoms with E-state index in [2.05, 4.69) is 10.0 Å². The van der Waals surface area contributed by atoms with E-state index in [0.29, 0.717) is 5.56 Å². The van der Waals surface area contributed by atoms with Crippen molar-refractivity contribution in [3.8, 4) is 0 Å². The van der Waals surface area contributed by atoms with Crippen LogP contribution in [0.15, 0.2) is 29.4 Å². The van der Waals surface area contributed by atoms with Crippen LogP contribution in [-0.2, 0) is 6.61 Å². The Bertz CT molecular complexity index is 411. The lowest BCUT2D eigenvalue weighted by Gasteiger charge is -1.99. The number of azide groups is 1. The van der Waals surface area contributed by atoms with E-state index < -0.39 is 5.82 Å². The lowest BCUT2D eigenvalue weighted by Crippen LogP contribution is -1.89. The molecule has 15 heavy (non-hydrogen) atoms. The summed E-state index contributed by atoms with van der Waals surface area (Å²) < 4.78 is 13.1. The maximum atomic E-state index is 13.1. The van der Waals surface area contributed by atoms with Gasteiger partial charge in [-0.3, -0.25) is 0 Å². The second kappa shape index (κ2) is 5.80. The molecule has 5 heteroatoms. The molecule has 0 aliphatic rings. The van der Waals surface area contributed by atoms with Crippen LogP contribution in [0.5, 0.6) is 0 Å². The molecule has 0 fully saturated rings. The zero-order valence-electron chi connectivity index (χ0n) is 7.97. The van der Waals surface area contributed by atoms with Crippen LogP contribution < -0.4 is 0 Å². The minimum absolute atomic E-state index is 0.236. The summed E-state index contributed by atoms with van der Waals surface area (Å²) >= 11 is 0. The molecule has 0 bridgehead atoms. The van der Waals surface area contributed by atoms with Gasteiger partial charge in [0.25, 0.3) is 0 Å². The summed E-state index contributed by atoms with van der Waals surface area (Å²) in [7, 11) is 0. The predicted molar refractivity (Wildman–Crippen MR) is 55.4 cm³/mol. The van der Waals surface area contributed by atoms with Gasteiger partial charge in [-0.25, -0.2) is 4.39 Å². The van der Waals surface area contributed by atoms with Crippen LogP contribution in [0.25, 0.3) is 16.5 Å². The minimum atomic E-state index is -0.441. The molecule has 0 saturated heterocycles. The maximum absolute atomic E-state index is 13.1. The average molecular weight is 207 g/mol. The average Bonchev–Trinajstić information content (AvgIpc) is 2.25. The molecule has 0 unspecified atom stereocenters. The van der Waals surface area contributed by atoms with Crippen molar-refractivity contribution in [2.45, 2.75) is 6.61 Å². The zero-order chi connectivity index (χ0) is 11.1. The molecule has 0 amide bonds. The minimum Gasteiger partial charge on any atom is -0.392 e. The van der Waals surface area contributed by atoms with Crippen molar-refractivity contribution < 1.29 is 9.50 Å². The maximum Gasteiger partial charge on any atom is 0.129 e. The van der Waals surface area contributed by atoms with Gasteiger partial charge in [0, 0.05) is 17.0 Å². The number of hydrogen-bond acceptors (Lipinski definition) is 2. The lowest BCUT2D eigenvalue weighted by molar-refractivity contribution is 0.275. The molecular weight excluding hydrogens is 197 g/mol. The van der Waals surface area contributed by atoms with Crippen molar-refractivity contribution in [3.05, 3.63) is 51.7 Å². The summed E-state index contributed by atoms with van der Waals surface area (Å²) in [5.41, 5.74) is 8.94.